The Bertz CT molecular complexity index is 433. The minimum absolute atomic E-state index is 0.00166. The highest BCUT2D eigenvalue weighted by Crippen LogP contribution is 2.15. The van der Waals surface area contributed by atoms with E-state index in [-0.39, 0.29) is 24.2 Å². The smallest absolute Gasteiger partial charge is 0.248 e. The zero-order valence-corrected chi connectivity index (χ0v) is 10.3. The van der Waals surface area contributed by atoms with E-state index in [9.17, 15) is 9.59 Å². The van der Waals surface area contributed by atoms with E-state index < -0.39 is 0 Å². The molecule has 0 unspecified atom stereocenters. The van der Waals surface area contributed by atoms with Crippen LogP contribution in [-0.2, 0) is 21.0 Å². The van der Waals surface area contributed by atoms with Gasteiger partial charge < -0.3 is 4.90 Å². The van der Waals surface area contributed by atoms with Gasteiger partial charge in [0, 0.05) is 20.0 Å². The third-order valence-corrected chi connectivity index (χ3v) is 2.97. The van der Waals surface area contributed by atoms with Gasteiger partial charge in [-0.1, -0.05) is 30.3 Å². The molecule has 5 nitrogen and oxygen atoms in total. The molecule has 0 spiro atoms. The van der Waals surface area contributed by atoms with Crippen LogP contribution in [0.15, 0.2) is 30.3 Å². The van der Waals surface area contributed by atoms with Crippen molar-refractivity contribution in [3.8, 4) is 0 Å². The van der Waals surface area contributed by atoms with E-state index in [2.05, 4.69) is 5.48 Å². The molecule has 1 aliphatic heterocycles. The Hall–Kier alpha value is -1.88. The van der Waals surface area contributed by atoms with Crippen molar-refractivity contribution in [2.45, 2.75) is 13.0 Å². The second-order valence-corrected chi connectivity index (χ2v) is 4.42. The average Bonchev–Trinajstić information content (AvgIpc) is 2.71. The summed E-state index contributed by atoms with van der Waals surface area (Å²) in [6.07, 6.45) is 0.261. The summed E-state index contributed by atoms with van der Waals surface area (Å²) >= 11 is 0. The summed E-state index contributed by atoms with van der Waals surface area (Å²) in [7, 11) is 1.69. The molecule has 1 atom stereocenters. The van der Waals surface area contributed by atoms with E-state index in [0.29, 0.717) is 13.2 Å². The molecule has 1 heterocycles. The SMILES string of the molecule is CN1C[C@@H](C(=O)NOCc2ccccc2)CC1=O. The first-order valence-electron chi connectivity index (χ1n) is 5.86. The van der Waals surface area contributed by atoms with Crippen LogP contribution in [0.3, 0.4) is 0 Å². The first-order chi connectivity index (χ1) is 8.66. The number of rotatable bonds is 4. The van der Waals surface area contributed by atoms with Gasteiger partial charge in [0.15, 0.2) is 0 Å². The van der Waals surface area contributed by atoms with E-state index in [1.165, 1.54) is 0 Å². The van der Waals surface area contributed by atoms with E-state index >= 15 is 0 Å². The van der Waals surface area contributed by atoms with Crippen LogP contribution in [0.1, 0.15) is 12.0 Å². The Balaban J connectivity index is 1.74. The number of carbonyl (C=O) groups is 2. The maximum absolute atomic E-state index is 11.7. The van der Waals surface area contributed by atoms with Crippen molar-refractivity contribution >= 4 is 11.8 Å². The van der Waals surface area contributed by atoms with Gasteiger partial charge in [-0.15, -0.1) is 0 Å². The molecular formula is C13H16N2O3. The Labute approximate surface area is 106 Å². The number of nitrogens with zero attached hydrogens (tertiary/aromatic N) is 1. The van der Waals surface area contributed by atoms with Crippen molar-refractivity contribution in [3.63, 3.8) is 0 Å². The van der Waals surface area contributed by atoms with Gasteiger partial charge in [0.2, 0.25) is 11.8 Å². The number of nitrogens with one attached hydrogen (secondary N) is 1. The molecule has 1 aliphatic rings. The number of likely N-dealkylation sites (tertiary alicyclic amines) is 1. The Morgan fingerprint density at radius 1 is 1.44 bits per heavy atom. The molecule has 1 aromatic carbocycles. The van der Waals surface area contributed by atoms with Gasteiger partial charge in [-0.3, -0.25) is 14.4 Å². The fourth-order valence-electron chi connectivity index (χ4n) is 1.89. The number of hydrogen-bond acceptors (Lipinski definition) is 3. The third kappa shape index (κ3) is 3.07. The van der Waals surface area contributed by atoms with Crippen molar-refractivity contribution in [2.24, 2.45) is 5.92 Å². The van der Waals surface area contributed by atoms with Crippen LogP contribution in [0.2, 0.25) is 0 Å². The summed E-state index contributed by atoms with van der Waals surface area (Å²) in [5.41, 5.74) is 3.38. The first kappa shape index (κ1) is 12.6. The molecule has 2 rings (SSSR count). The van der Waals surface area contributed by atoms with Crippen molar-refractivity contribution in [1.82, 2.24) is 10.4 Å². The van der Waals surface area contributed by atoms with Crippen LogP contribution >= 0.6 is 0 Å². The summed E-state index contributed by atoms with van der Waals surface area (Å²) in [4.78, 5) is 29.7. The molecule has 0 radical (unpaired) electrons. The Morgan fingerprint density at radius 3 is 2.78 bits per heavy atom. The minimum atomic E-state index is -0.307. The van der Waals surface area contributed by atoms with Crippen molar-refractivity contribution in [3.05, 3.63) is 35.9 Å². The van der Waals surface area contributed by atoms with Gasteiger partial charge in [0.05, 0.1) is 12.5 Å². The highest BCUT2D eigenvalue weighted by atomic mass is 16.6. The predicted octanol–water partition coefficient (Wildman–Crippen LogP) is 0.713. The van der Waals surface area contributed by atoms with Crippen LogP contribution in [0, 0.1) is 5.92 Å². The molecule has 1 fully saturated rings. The average molecular weight is 248 g/mol. The Morgan fingerprint density at radius 2 is 2.17 bits per heavy atom. The maximum Gasteiger partial charge on any atom is 0.248 e. The number of carbonyl (C=O) groups excluding carboxylic acids is 2. The van der Waals surface area contributed by atoms with Gasteiger partial charge in [0.25, 0.3) is 0 Å². The van der Waals surface area contributed by atoms with Crippen LogP contribution in [0.4, 0.5) is 0 Å². The highest BCUT2D eigenvalue weighted by Gasteiger charge is 2.32. The van der Waals surface area contributed by atoms with Crippen molar-refractivity contribution in [1.29, 1.82) is 0 Å². The molecule has 1 N–H and O–H groups in total. The minimum Gasteiger partial charge on any atom is -0.345 e. The molecule has 0 aliphatic carbocycles. The first-order valence-corrected chi connectivity index (χ1v) is 5.86. The molecule has 0 aromatic heterocycles. The van der Waals surface area contributed by atoms with Crippen LogP contribution in [0.25, 0.3) is 0 Å². The summed E-state index contributed by atoms with van der Waals surface area (Å²) < 4.78 is 0. The summed E-state index contributed by atoms with van der Waals surface area (Å²) in [6, 6.07) is 9.57. The second kappa shape index (κ2) is 5.64. The normalized spacial score (nSPS) is 19.1. The standard InChI is InChI=1S/C13H16N2O3/c1-15-8-11(7-12(15)16)13(17)14-18-9-10-5-3-2-4-6-10/h2-6,11H,7-9H2,1H3,(H,14,17)/t11-/m0/s1. The summed E-state index contributed by atoms with van der Waals surface area (Å²) in [6.45, 7) is 0.780. The molecule has 18 heavy (non-hydrogen) atoms. The van der Waals surface area contributed by atoms with Crippen LogP contribution < -0.4 is 5.48 Å². The Kier molecular flexibility index (Phi) is 3.94. The van der Waals surface area contributed by atoms with Gasteiger partial charge in [-0.05, 0) is 5.56 Å². The lowest BCUT2D eigenvalue weighted by Crippen LogP contribution is -2.32. The molecular weight excluding hydrogens is 232 g/mol. The van der Waals surface area contributed by atoms with Gasteiger partial charge in [-0.2, -0.15) is 0 Å². The third-order valence-electron chi connectivity index (χ3n) is 2.97. The summed E-state index contributed by atoms with van der Waals surface area (Å²) in [5.74, 6) is -0.542. The molecule has 1 saturated heterocycles. The van der Waals surface area contributed by atoms with Crippen LogP contribution in [-0.4, -0.2) is 30.3 Å². The fraction of sp³-hybridized carbons (Fsp3) is 0.385. The zero-order chi connectivity index (χ0) is 13.0. The predicted molar refractivity (Wildman–Crippen MR) is 65.1 cm³/mol. The van der Waals surface area contributed by atoms with Gasteiger partial charge >= 0.3 is 0 Å². The van der Waals surface area contributed by atoms with E-state index in [4.69, 9.17) is 4.84 Å². The van der Waals surface area contributed by atoms with Crippen molar-refractivity contribution < 1.29 is 14.4 Å². The molecule has 1 aromatic rings. The zero-order valence-electron chi connectivity index (χ0n) is 10.3. The molecule has 5 heteroatoms. The number of hydrogen-bond donors (Lipinski definition) is 1. The van der Waals surface area contributed by atoms with Gasteiger partial charge in [-0.25, -0.2) is 5.48 Å². The quantitative estimate of drug-likeness (QED) is 0.798. The van der Waals surface area contributed by atoms with E-state index in [1.54, 1.807) is 11.9 Å². The van der Waals surface area contributed by atoms with Gasteiger partial charge in [0.1, 0.15) is 0 Å². The second-order valence-electron chi connectivity index (χ2n) is 4.42. The molecule has 96 valence electrons. The fourth-order valence-corrected chi connectivity index (χ4v) is 1.89. The van der Waals surface area contributed by atoms with E-state index in [0.717, 1.165) is 5.56 Å². The molecule has 0 saturated carbocycles. The summed E-state index contributed by atoms with van der Waals surface area (Å²) in [5, 5.41) is 0. The lowest BCUT2D eigenvalue weighted by atomic mass is 10.1. The van der Waals surface area contributed by atoms with E-state index in [1.807, 2.05) is 30.3 Å². The van der Waals surface area contributed by atoms with Crippen molar-refractivity contribution in [2.75, 3.05) is 13.6 Å². The largest absolute Gasteiger partial charge is 0.345 e. The number of hydroxylamine groups is 1. The molecule has 0 bridgehead atoms. The maximum atomic E-state index is 11.7. The lowest BCUT2D eigenvalue weighted by molar-refractivity contribution is -0.138. The number of amides is 2. The van der Waals surface area contributed by atoms with Crippen LogP contribution in [0.5, 0.6) is 0 Å². The number of benzene rings is 1. The highest BCUT2D eigenvalue weighted by molar-refractivity contribution is 5.88. The monoisotopic (exact) mass is 248 g/mol. The topological polar surface area (TPSA) is 58.6 Å². The lowest BCUT2D eigenvalue weighted by Gasteiger charge is -2.10. The molecule has 2 amide bonds.